The number of nitrogens with zero attached hydrogens (tertiary/aromatic N) is 2. The summed E-state index contributed by atoms with van der Waals surface area (Å²) in [5.41, 5.74) is 2.81. The van der Waals surface area contributed by atoms with Crippen molar-refractivity contribution in [2.75, 3.05) is 19.8 Å². The van der Waals surface area contributed by atoms with Crippen molar-refractivity contribution >= 4 is 0 Å². The second-order valence-electron chi connectivity index (χ2n) is 4.37. The van der Waals surface area contributed by atoms with Gasteiger partial charge in [-0.25, -0.2) is 4.98 Å². The molecule has 4 heteroatoms. The van der Waals surface area contributed by atoms with E-state index in [-0.39, 0.29) is 0 Å². The third kappa shape index (κ3) is 2.99. The van der Waals surface area contributed by atoms with Gasteiger partial charge in [0.1, 0.15) is 18.2 Å². The van der Waals surface area contributed by atoms with E-state index in [9.17, 15) is 0 Å². The van der Waals surface area contributed by atoms with Gasteiger partial charge >= 0.3 is 0 Å². The van der Waals surface area contributed by atoms with Crippen molar-refractivity contribution in [3.63, 3.8) is 0 Å². The van der Waals surface area contributed by atoms with Gasteiger partial charge in [-0.15, -0.1) is 0 Å². The Labute approximate surface area is 108 Å². The zero-order valence-corrected chi connectivity index (χ0v) is 10.7. The second-order valence-corrected chi connectivity index (χ2v) is 4.37. The van der Waals surface area contributed by atoms with E-state index in [1.807, 2.05) is 6.07 Å². The average molecular weight is 246 g/mol. The van der Waals surface area contributed by atoms with Crippen molar-refractivity contribution in [2.45, 2.75) is 32.6 Å². The molecule has 0 saturated carbocycles. The monoisotopic (exact) mass is 246 g/mol. The fourth-order valence-corrected chi connectivity index (χ4v) is 2.09. The number of hydrogen-bond donors (Lipinski definition) is 0. The summed E-state index contributed by atoms with van der Waals surface area (Å²) < 4.78 is 10.9. The van der Waals surface area contributed by atoms with E-state index in [4.69, 9.17) is 14.7 Å². The van der Waals surface area contributed by atoms with Crippen LogP contribution in [0.4, 0.5) is 0 Å². The van der Waals surface area contributed by atoms with Crippen molar-refractivity contribution in [2.24, 2.45) is 0 Å². The van der Waals surface area contributed by atoms with Crippen molar-refractivity contribution in [1.29, 1.82) is 5.26 Å². The summed E-state index contributed by atoms with van der Waals surface area (Å²) in [4.78, 5) is 4.44. The van der Waals surface area contributed by atoms with Crippen LogP contribution in [0.3, 0.4) is 0 Å². The number of ether oxygens (including phenoxy) is 2. The number of pyridine rings is 1. The lowest BCUT2D eigenvalue weighted by molar-refractivity contribution is 0.0988. The Bertz CT molecular complexity index is 452. The molecule has 1 aliphatic carbocycles. The molecule has 18 heavy (non-hydrogen) atoms. The van der Waals surface area contributed by atoms with Crippen molar-refractivity contribution in [3.05, 3.63) is 22.9 Å². The molecule has 0 saturated heterocycles. The molecule has 0 bridgehead atoms. The van der Waals surface area contributed by atoms with Gasteiger partial charge in [-0.3, -0.25) is 0 Å². The Morgan fingerprint density at radius 2 is 2.22 bits per heavy atom. The van der Waals surface area contributed by atoms with Crippen LogP contribution < -0.4 is 4.74 Å². The van der Waals surface area contributed by atoms with Crippen LogP contribution in [-0.2, 0) is 17.6 Å². The molecular formula is C14H18N2O2. The first-order chi connectivity index (χ1) is 8.85. The minimum atomic E-state index is 0.445. The van der Waals surface area contributed by atoms with Crippen LogP contribution in [0.1, 0.15) is 36.6 Å². The van der Waals surface area contributed by atoms with Gasteiger partial charge < -0.3 is 9.47 Å². The summed E-state index contributed by atoms with van der Waals surface area (Å²) in [6.07, 6.45) is 4.14. The first-order valence-electron chi connectivity index (χ1n) is 6.48. The molecule has 0 aromatic carbocycles. The first-order valence-corrected chi connectivity index (χ1v) is 6.48. The van der Waals surface area contributed by atoms with Crippen molar-refractivity contribution in [3.8, 4) is 11.9 Å². The van der Waals surface area contributed by atoms with E-state index in [1.54, 1.807) is 0 Å². The van der Waals surface area contributed by atoms with Gasteiger partial charge in [0.25, 0.3) is 0 Å². The Hall–Kier alpha value is -1.60. The largest absolute Gasteiger partial charge is 0.474 e. The van der Waals surface area contributed by atoms with Crippen LogP contribution in [0.2, 0.25) is 0 Å². The van der Waals surface area contributed by atoms with Crippen molar-refractivity contribution < 1.29 is 9.47 Å². The molecule has 1 aromatic rings. The molecule has 0 fully saturated rings. The van der Waals surface area contributed by atoms with Crippen LogP contribution in [0.15, 0.2) is 6.07 Å². The van der Waals surface area contributed by atoms with E-state index < -0.39 is 0 Å². The zero-order chi connectivity index (χ0) is 12.8. The summed E-state index contributed by atoms with van der Waals surface area (Å²) in [7, 11) is 0. The number of nitriles is 1. The molecule has 0 aliphatic heterocycles. The minimum Gasteiger partial charge on any atom is -0.474 e. The molecule has 4 nitrogen and oxygen atoms in total. The normalized spacial score (nSPS) is 13.1. The summed E-state index contributed by atoms with van der Waals surface area (Å²) in [5, 5.41) is 9.09. The average Bonchev–Trinajstić information content (AvgIpc) is 2.84. The van der Waals surface area contributed by atoms with Crippen molar-refractivity contribution in [1.82, 2.24) is 4.98 Å². The summed E-state index contributed by atoms with van der Waals surface area (Å²) in [6.45, 7) is 3.79. The molecule has 0 N–H and O–H groups in total. The number of hydrogen-bond acceptors (Lipinski definition) is 4. The maximum absolute atomic E-state index is 9.09. The number of aryl methyl sites for hydroxylation is 2. The molecular weight excluding hydrogens is 228 g/mol. The smallest absolute Gasteiger partial charge is 0.232 e. The van der Waals surface area contributed by atoms with Gasteiger partial charge in [0.05, 0.1) is 6.61 Å². The van der Waals surface area contributed by atoms with E-state index in [0.29, 0.717) is 24.7 Å². The van der Waals surface area contributed by atoms with E-state index in [2.05, 4.69) is 18.0 Å². The van der Waals surface area contributed by atoms with Gasteiger partial charge in [0, 0.05) is 12.3 Å². The quantitative estimate of drug-likeness (QED) is 0.722. The van der Waals surface area contributed by atoms with Crippen LogP contribution in [0.5, 0.6) is 5.88 Å². The topological polar surface area (TPSA) is 55.1 Å². The Balaban J connectivity index is 1.97. The first kappa shape index (κ1) is 12.8. The maximum Gasteiger partial charge on any atom is 0.232 e. The molecule has 2 rings (SSSR count). The molecule has 1 aromatic heterocycles. The molecule has 1 aliphatic rings. The second kappa shape index (κ2) is 6.36. The highest BCUT2D eigenvalue weighted by atomic mass is 16.5. The third-order valence-electron chi connectivity index (χ3n) is 2.95. The molecule has 0 amide bonds. The Morgan fingerprint density at radius 1 is 1.33 bits per heavy atom. The lowest BCUT2D eigenvalue weighted by Crippen LogP contribution is -2.09. The number of rotatable bonds is 6. The molecule has 0 atom stereocenters. The highest BCUT2D eigenvalue weighted by molar-refractivity contribution is 5.44. The molecule has 0 radical (unpaired) electrons. The predicted molar refractivity (Wildman–Crippen MR) is 67.6 cm³/mol. The van der Waals surface area contributed by atoms with E-state index in [1.165, 1.54) is 5.56 Å². The fourth-order valence-electron chi connectivity index (χ4n) is 2.09. The van der Waals surface area contributed by atoms with Gasteiger partial charge in [-0.2, -0.15) is 5.26 Å². The van der Waals surface area contributed by atoms with Gasteiger partial charge in [-0.05, 0) is 37.3 Å². The molecule has 0 spiro atoms. The third-order valence-corrected chi connectivity index (χ3v) is 2.95. The number of aromatic nitrogens is 1. The van der Waals surface area contributed by atoms with Gasteiger partial charge in [0.2, 0.25) is 5.88 Å². The minimum absolute atomic E-state index is 0.445. The molecule has 96 valence electrons. The standard InChI is InChI=1S/C14H18N2O2/c1-2-6-17-7-8-18-14-12(10-15)9-11-4-3-5-13(11)16-14/h9H,2-8H2,1H3. The summed E-state index contributed by atoms with van der Waals surface area (Å²) in [6, 6.07) is 4.06. The van der Waals surface area contributed by atoms with Gasteiger partial charge in [0.15, 0.2) is 0 Å². The zero-order valence-electron chi connectivity index (χ0n) is 10.7. The van der Waals surface area contributed by atoms with E-state index in [0.717, 1.165) is 38.0 Å². The highest BCUT2D eigenvalue weighted by Gasteiger charge is 2.17. The lowest BCUT2D eigenvalue weighted by atomic mass is 10.1. The maximum atomic E-state index is 9.09. The van der Waals surface area contributed by atoms with E-state index >= 15 is 0 Å². The SMILES string of the molecule is CCCOCCOc1nc2c(cc1C#N)CCC2. The highest BCUT2D eigenvalue weighted by Crippen LogP contribution is 2.26. The van der Waals surface area contributed by atoms with Crippen LogP contribution in [0, 0.1) is 11.3 Å². The molecule has 1 heterocycles. The predicted octanol–water partition coefficient (Wildman–Crippen LogP) is 2.25. The fraction of sp³-hybridized carbons (Fsp3) is 0.571. The lowest BCUT2D eigenvalue weighted by Gasteiger charge is -2.09. The molecule has 0 unspecified atom stereocenters. The van der Waals surface area contributed by atoms with Crippen LogP contribution in [0.25, 0.3) is 0 Å². The summed E-state index contributed by atoms with van der Waals surface area (Å²) in [5.74, 6) is 0.457. The number of fused-ring (bicyclic) bond motifs is 1. The van der Waals surface area contributed by atoms with Gasteiger partial charge in [-0.1, -0.05) is 6.92 Å². The summed E-state index contributed by atoms with van der Waals surface area (Å²) >= 11 is 0. The van der Waals surface area contributed by atoms with Crippen LogP contribution >= 0.6 is 0 Å². The van der Waals surface area contributed by atoms with Crippen LogP contribution in [-0.4, -0.2) is 24.8 Å². The Kier molecular flexibility index (Phi) is 4.54. The Morgan fingerprint density at radius 3 is 3.00 bits per heavy atom.